The van der Waals surface area contributed by atoms with E-state index in [1.807, 2.05) is 11.8 Å². The third kappa shape index (κ3) is 4.18. The summed E-state index contributed by atoms with van der Waals surface area (Å²) in [5.74, 6) is 2.37. The van der Waals surface area contributed by atoms with Crippen molar-refractivity contribution in [1.29, 1.82) is 0 Å². The Kier molecular flexibility index (Phi) is 5.15. The van der Waals surface area contributed by atoms with E-state index in [1.54, 1.807) is 6.07 Å². The molecule has 0 radical (unpaired) electrons. The van der Waals surface area contributed by atoms with Gasteiger partial charge in [-0.25, -0.2) is 0 Å². The Balaban J connectivity index is 1.82. The summed E-state index contributed by atoms with van der Waals surface area (Å²) in [6.45, 7) is 1.48. The molecule has 19 heavy (non-hydrogen) atoms. The summed E-state index contributed by atoms with van der Waals surface area (Å²) < 4.78 is 13.4. The lowest BCUT2D eigenvalue weighted by molar-refractivity contribution is -0.387. The highest BCUT2D eigenvalue weighted by Crippen LogP contribution is 2.22. The maximum atomic E-state index is 13.4. The summed E-state index contributed by atoms with van der Waals surface area (Å²) in [7, 11) is 0. The molecule has 1 N–H and O–H groups in total. The second-order valence-electron chi connectivity index (χ2n) is 4.73. The number of hydrogen-bond donors (Lipinski definition) is 1. The van der Waals surface area contributed by atoms with Crippen molar-refractivity contribution in [3.63, 3.8) is 0 Å². The molecule has 1 heterocycles. The molecule has 4 nitrogen and oxygen atoms in total. The maximum absolute atomic E-state index is 13.4. The molecule has 0 bridgehead atoms. The molecular weight excluding hydrogens is 267 g/mol. The number of nitro benzene ring substituents is 1. The van der Waals surface area contributed by atoms with Crippen molar-refractivity contribution in [2.75, 3.05) is 18.1 Å². The second kappa shape index (κ2) is 6.86. The molecule has 1 aliphatic heterocycles. The van der Waals surface area contributed by atoms with Crippen molar-refractivity contribution in [2.24, 2.45) is 5.92 Å². The van der Waals surface area contributed by atoms with Crippen LogP contribution < -0.4 is 5.32 Å². The summed E-state index contributed by atoms with van der Waals surface area (Å²) in [4.78, 5) is 9.80. The molecule has 0 aliphatic carbocycles. The molecule has 0 unspecified atom stereocenters. The third-order valence-corrected chi connectivity index (χ3v) is 4.36. The summed E-state index contributed by atoms with van der Waals surface area (Å²) in [5.41, 5.74) is 0.279. The van der Waals surface area contributed by atoms with Gasteiger partial charge in [0, 0.05) is 12.6 Å². The number of hydrogen-bond acceptors (Lipinski definition) is 4. The minimum absolute atomic E-state index is 0.465. The predicted octanol–water partition coefficient (Wildman–Crippen LogP) is 2.97. The quantitative estimate of drug-likeness (QED) is 0.667. The summed E-state index contributed by atoms with van der Waals surface area (Å²) in [6, 6.07) is 4.07. The lowest BCUT2D eigenvalue weighted by atomic mass is 10.0. The van der Waals surface area contributed by atoms with Gasteiger partial charge < -0.3 is 5.32 Å². The largest absolute Gasteiger partial charge is 0.312 e. The van der Waals surface area contributed by atoms with Crippen molar-refractivity contribution >= 4 is 17.4 Å². The van der Waals surface area contributed by atoms with Crippen LogP contribution in [0.3, 0.4) is 0 Å². The summed E-state index contributed by atoms with van der Waals surface area (Å²) in [5, 5.41) is 13.8. The molecule has 1 aromatic rings. The molecule has 0 amide bonds. The van der Waals surface area contributed by atoms with Crippen LogP contribution in [-0.4, -0.2) is 23.0 Å². The van der Waals surface area contributed by atoms with Crippen LogP contribution in [0.4, 0.5) is 10.1 Å². The van der Waals surface area contributed by atoms with Crippen LogP contribution in [0.5, 0.6) is 0 Å². The highest BCUT2D eigenvalue weighted by Gasteiger charge is 2.15. The van der Waals surface area contributed by atoms with Crippen LogP contribution in [-0.2, 0) is 6.54 Å². The molecule has 1 aromatic carbocycles. The van der Waals surface area contributed by atoms with Crippen LogP contribution in [0.25, 0.3) is 0 Å². The number of benzene rings is 1. The fourth-order valence-electron chi connectivity index (χ4n) is 2.18. The Hall–Kier alpha value is -1.14. The van der Waals surface area contributed by atoms with E-state index in [1.165, 1.54) is 36.5 Å². The zero-order valence-electron chi connectivity index (χ0n) is 10.6. The Morgan fingerprint density at radius 3 is 2.79 bits per heavy atom. The van der Waals surface area contributed by atoms with E-state index in [-0.39, 0.29) is 0 Å². The minimum Gasteiger partial charge on any atom is -0.312 e. The summed E-state index contributed by atoms with van der Waals surface area (Å²) in [6.07, 6.45) is 2.46. The highest BCUT2D eigenvalue weighted by atomic mass is 32.2. The van der Waals surface area contributed by atoms with Gasteiger partial charge in [0.25, 0.3) is 0 Å². The fraction of sp³-hybridized carbons (Fsp3) is 0.538. The van der Waals surface area contributed by atoms with E-state index < -0.39 is 16.4 Å². The van der Waals surface area contributed by atoms with Gasteiger partial charge in [0.1, 0.15) is 0 Å². The standard InChI is InChI=1S/C13H17FN2O2S/c14-12-7-11(1-2-13(12)16(17)18)9-15-8-10-3-5-19-6-4-10/h1-2,7,10,15H,3-6,8-9H2. The molecule has 0 spiro atoms. The number of thioether (sulfide) groups is 1. The zero-order chi connectivity index (χ0) is 13.7. The molecule has 1 fully saturated rings. The first-order valence-electron chi connectivity index (χ1n) is 6.38. The Morgan fingerprint density at radius 2 is 2.16 bits per heavy atom. The predicted molar refractivity (Wildman–Crippen MR) is 74.8 cm³/mol. The number of halogens is 1. The van der Waals surface area contributed by atoms with Crippen molar-refractivity contribution in [1.82, 2.24) is 5.32 Å². The Morgan fingerprint density at radius 1 is 1.42 bits per heavy atom. The molecule has 0 atom stereocenters. The topological polar surface area (TPSA) is 55.2 Å². The van der Waals surface area contributed by atoms with Crippen LogP contribution in [0, 0.1) is 21.8 Å². The molecule has 104 valence electrons. The minimum atomic E-state index is -0.765. The fourth-order valence-corrected chi connectivity index (χ4v) is 3.38. The molecule has 1 aliphatic rings. The van der Waals surface area contributed by atoms with E-state index in [0.29, 0.717) is 12.5 Å². The zero-order valence-corrected chi connectivity index (χ0v) is 11.4. The Bertz CT molecular complexity index is 450. The van der Waals surface area contributed by atoms with Crippen molar-refractivity contribution in [3.05, 3.63) is 39.7 Å². The number of nitro groups is 1. The third-order valence-electron chi connectivity index (χ3n) is 3.31. The van der Waals surface area contributed by atoms with Gasteiger partial charge in [-0.1, -0.05) is 6.07 Å². The van der Waals surface area contributed by atoms with E-state index in [9.17, 15) is 14.5 Å². The van der Waals surface area contributed by atoms with Gasteiger partial charge >= 0.3 is 5.69 Å². The van der Waals surface area contributed by atoms with Gasteiger partial charge in [0.15, 0.2) is 0 Å². The van der Waals surface area contributed by atoms with E-state index in [2.05, 4.69) is 5.32 Å². The van der Waals surface area contributed by atoms with Crippen molar-refractivity contribution < 1.29 is 9.31 Å². The molecule has 2 rings (SSSR count). The smallest absolute Gasteiger partial charge is 0.304 e. The average molecular weight is 284 g/mol. The molecule has 1 saturated heterocycles. The molecule has 0 saturated carbocycles. The van der Waals surface area contributed by atoms with Gasteiger partial charge in [0.2, 0.25) is 5.82 Å². The van der Waals surface area contributed by atoms with Crippen LogP contribution in [0.2, 0.25) is 0 Å². The number of rotatable bonds is 5. The second-order valence-corrected chi connectivity index (χ2v) is 5.95. The first-order valence-corrected chi connectivity index (χ1v) is 7.53. The van der Waals surface area contributed by atoms with Gasteiger partial charge in [-0.15, -0.1) is 0 Å². The molecular formula is C13H17FN2O2S. The van der Waals surface area contributed by atoms with Gasteiger partial charge in [-0.2, -0.15) is 16.2 Å². The maximum Gasteiger partial charge on any atom is 0.304 e. The normalized spacial score (nSPS) is 16.5. The van der Waals surface area contributed by atoms with Crippen molar-refractivity contribution in [3.8, 4) is 0 Å². The SMILES string of the molecule is O=[N+]([O-])c1ccc(CNCC2CCSCC2)cc1F. The molecule has 0 aromatic heterocycles. The van der Waals surface area contributed by atoms with Gasteiger partial charge in [0.05, 0.1) is 4.92 Å². The molecule has 6 heteroatoms. The van der Waals surface area contributed by atoms with E-state index in [4.69, 9.17) is 0 Å². The van der Waals surface area contributed by atoms with E-state index >= 15 is 0 Å². The lowest BCUT2D eigenvalue weighted by Crippen LogP contribution is -2.25. The van der Waals surface area contributed by atoms with Gasteiger partial charge in [-0.05, 0) is 48.4 Å². The lowest BCUT2D eigenvalue weighted by Gasteiger charge is -2.21. The first-order chi connectivity index (χ1) is 9.16. The number of nitrogens with zero attached hydrogens (tertiary/aromatic N) is 1. The Labute approximate surface area is 115 Å². The highest BCUT2D eigenvalue weighted by molar-refractivity contribution is 7.99. The van der Waals surface area contributed by atoms with Crippen LogP contribution in [0.1, 0.15) is 18.4 Å². The van der Waals surface area contributed by atoms with Gasteiger partial charge in [-0.3, -0.25) is 10.1 Å². The first kappa shape index (κ1) is 14.3. The monoisotopic (exact) mass is 284 g/mol. The van der Waals surface area contributed by atoms with Crippen LogP contribution in [0.15, 0.2) is 18.2 Å². The van der Waals surface area contributed by atoms with Crippen molar-refractivity contribution in [2.45, 2.75) is 19.4 Å². The summed E-state index contributed by atoms with van der Waals surface area (Å²) >= 11 is 1.99. The number of nitrogens with one attached hydrogen (secondary N) is 1. The van der Waals surface area contributed by atoms with Crippen LogP contribution >= 0.6 is 11.8 Å². The average Bonchev–Trinajstić information content (AvgIpc) is 2.39. The van der Waals surface area contributed by atoms with E-state index in [0.717, 1.165) is 12.1 Å².